The van der Waals surface area contributed by atoms with Crippen molar-refractivity contribution in [1.82, 2.24) is 5.32 Å². The zero-order valence-electron chi connectivity index (χ0n) is 12.1. The summed E-state index contributed by atoms with van der Waals surface area (Å²) < 4.78 is 5.32. The molecule has 98 valence electrons. The lowest BCUT2D eigenvalue weighted by atomic mass is 9.79. The maximum absolute atomic E-state index is 9.30. The lowest BCUT2D eigenvalue weighted by molar-refractivity contribution is 0.342. The molecule has 0 aromatic heterocycles. The smallest absolute Gasteiger partial charge is 0.122 e. The largest absolute Gasteiger partial charge is 0.496 e. The van der Waals surface area contributed by atoms with Gasteiger partial charge in [0.15, 0.2) is 0 Å². The Labute approximate surface area is 110 Å². The average molecular weight is 246 g/mol. The van der Waals surface area contributed by atoms with Gasteiger partial charge in [-0.25, -0.2) is 0 Å². The molecule has 0 heterocycles. The first-order chi connectivity index (χ1) is 8.38. The van der Waals surface area contributed by atoms with Crippen LogP contribution in [-0.4, -0.2) is 14.2 Å². The van der Waals surface area contributed by atoms with Crippen molar-refractivity contribution in [2.45, 2.75) is 33.7 Å². The summed E-state index contributed by atoms with van der Waals surface area (Å²) in [7, 11) is 3.57. The van der Waals surface area contributed by atoms with Gasteiger partial charge in [0.1, 0.15) is 5.75 Å². The van der Waals surface area contributed by atoms with E-state index in [2.05, 4.69) is 18.3 Å². The summed E-state index contributed by atoms with van der Waals surface area (Å²) >= 11 is 0. The van der Waals surface area contributed by atoms with Gasteiger partial charge >= 0.3 is 0 Å². The van der Waals surface area contributed by atoms with Gasteiger partial charge in [0, 0.05) is 0 Å². The molecule has 1 aromatic carbocycles. The van der Waals surface area contributed by atoms with Gasteiger partial charge in [-0.05, 0) is 57.5 Å². The number of nitrogens with one attached hydrogen (secondary N) is 1. The number of ether oxygens (including phenoxy) is 1. The minimum atomic E-state index is -0.458. The summed E-state index contributed by atoms with van der Waals surface area (Å²) in [5.41, 5.74) is 3.00. The Morgan fingerprint density at radius 3 is 2.33 bits per heavy atom. The third-order valence-electron chi connectivity index (χ3n) is 3.61. The molecule has 3 nitrogen and oxygen atoms in total. The van der Waals surface area contributed by atoms with E-state index in [1.807, 2.05) is 40.0 Å². The second-order valence-corrected chi connectivity index (χ2v) is 5.16. The van der Waals surface area contributed by atoms with Crippen LogP contribution in [0.2, 0.25) is 0 Å². The van der Waals surface area contributed by atoms with Crippen LogP contribution in [-0.2, 0) is 0 Å². The molecule has 0 saturated heterocycles. The van der Waals surface area contributed by atoms with Crippen LogP contribution >= 0.6 is 0 Å². The average Bonchev–Trinajstić information content (AvgIpc) is 2.35. The topological polar surface area (TPSA) is 45.0 Å². The standard InChI is InChI=1S/C15H22N2O/c1-10-11(2)13(18-6)8-7-12(10)14(17-5)15(3,4)9-16/h7-8,14,17H,1-6H3. The lowest BCUT2D eigenvalue weighted by Gasteiger charge is -2.30. The molecule has 1 atom stereocenters. The Balaban J connectivity index is 3.33. The van der Waals surface area contributed by atoms with Gasteiger partial charge in [-0.15, -0.1) is 0 Å². The Bertz CT molecular complexity index is 472. The first kappa shape index (κ1) is 14.5. The molecule has 1 N–H and O–H groups in total. The van der Waals surface area contributed by atoms with Gasteiger partial charge in [0.25, 0.3) is 0 Å². The van der Waals surface area contributed by atoms with Crippen molar-refractivity contribution in [2.75, 3.05) is 14.2 Å². The predicted octanol–water partition coefficient (Wildman–Crippen LogP) is 3.12. The highest BCUT2D eigenvalue weighted by molar-refractivity contribution is 5.45. The number of nitrogens with zero attached hydrogens (tertiary/aromatic N) is 1. The van der Waals surface area contributed by atoms with Crippen molar-refractivity contribution in [1.29, 1.82) is 5.26 Å². The molecular formula is C15H22N2O. The van der Waals surface area contributed by atoms with Crippen molar-refractivity contribution in [3.8, 4) is 11.8 Å². The molecule has 0 fully saturated rings. The monoisotopic (exact) mass is 246 g/mol. The van der Waals surface area contributed by atoms with E-state index in [0.717, 1.165) is 16.9 Å². The Kier molecular flexibility index (Phi) is 4.37. The Morgan fingerprint density at radius 1 is 1.28 bits per heavy atom. The second kappa shape index (κ2) is 5.41. The maximum atomic E-state index is 9.30. The van der Waals surface area contributed by atoms with Gasteiger partial charge in [-0.2, -0.15) is 5.26 Å². The number of rotatable bonds is 4. The predicted molar refractivity (Wildman–Crippen MR) is 73.7 cm³/mol. The summed E-state index contributed by atoms with van der Waals surface area (Å²) in [6.07, 6.45) is 0. The summed E-state index contributed by atoms with van der Waals surface area (Å²) in [5.74, 6) is 0.890. The van der Waals surface area contributed by atoms with E-state index in [0.29, 0.717) is 0 Å². The maximum Gasteiger partial charge on any atom is 0.122 e. The van der Waals surface area contributed by atoms with Crippen LogP contribution < -0.4 is 10.1 Å². The number of nitriles is 1. The van der Waals surface area contributed by atoms with E-state index in [-0.39, 0.29) is 6.04 Å². The van der Waals surface area contributed by atoms with Crippen molar-refractivity contribution in [3.63, 3.8) is 0 Å². The highest BCUT2D eigenvalue weighted by Gasteiger charge is 2.31. The van der Waals surface area contributed by atoms with E-state index < -0.39 is 5.41 Å². The summed E-state index contributed by atoms with van der Waals surface area (Å²) in [4.78, 5) is 0. The fourth-order valence-electron chi connectivity index (χ4n) is 2.32. The van der Waals surface area contributed by atoms with Crippen LogP contribution in [0, 0.1) is 30.6 Å². The molecule has 0 radical (unpaired) electrons. The molecule has 0 bridgehead atoms. The van der Waals surface area contributed by atoms with Crippen LogP contribution in [0.3, 0.4) is 0 Å². The summed E-state index contributed by atoms with van der Waals surface area (Å²) in [6, 6.07) is 6.39. The van der Waals surface area contributed by atoms with Crippen LogP contribution in [0.25, 0.3) is 0 Å². The molecule has 1 aromatic rings. The van der Waals surface area contributed by atoms with Gasteiger partial charge in [0.05, 0.1) is 24.6 Å². The summed E-state index contributed by atoms with van der Waals surface area (Å²) in [6.45, 7) is 8.02. The van der Waals surface area contributed by atoms with Crippen LogP contribution in [0.4, 0.5) is 0 Å². The molecule has 1 unspecified atom stereocenters. The second-order valence-electron chi connectivity index (χ2n) is 5.16. The van der Waals surface area contributed by atoms with E-state index in [9.17, 15) is 5.26 Å². The highest BCUT2D eigenvalue weighted by atomic mass is 16.5. The summed E-state index contributed by atoms with van der Waals surface area (Å²) in [5, 5.41) is 12.6. The van der Waals surface area contributed by atoms with Gasteiger partial charge < -0.3 is 10.1 Å². The van der Waals surface area contributed by atoms with Crippen LogP contribution in [0.15, 0.2) is 12.1 Å². The lowest BCUT2D eigenvalue weighted by Crippen LogP contribution is -2.31. The van der Waals surface area contributed by atoms with Crippen molar-refractivity contribution < 1.29 is 4.74 Å². The van der Waals surface area contributed by atoms with Crippen LogP contribution in [0.1, 0.15) is 36.6 Å². The third-order valence-corrected chi connectivity index (χ3v) is 3.61. The molecule has 0 amide bonds. The fraction of sp³-hybridized carbons (Fsp3) is 0.533. The molecule has 18 heavy (non-hydrogen) atoms. The molecular weight excluding hydrogens is 224 g/mol. The van der Waals surface area contributed by atoms with Crippen LogP contribution in [0.5, 0.6) is 5.75 Å². The third kappa shape index (κ3) is 2.49. The van der Waals surface area contributed by atoms with Gasteiger partial charge in [-0.3, -0.25) is 0 Å². The first-order valence-electron chi connectivity index (χ1n) is 6.11. The molecule has 3 heteroatoms. The Morgan fingerprint density at radius 2 is 1.89 bits per heavy atom. The zero-order valence-corrected chi connectivity index (χ0v) is 12.1. The van der Waals surface area contributed by atoms with Gasteiger partial charge in [0.2, 0.25) is 0 Å². The molecule has 0 aliphatic rings. The Hall–Kier alpha value is -1.53. The van der Waals surface area contributed by atoms with E-state index in [1.165, 1.54) is 5.56 Å². The van der Waals surface area contributed by atoms with E-state index >= 15 is 0 Å². The van der Waals surface area contributed by atoms with Crippen molar-refractivity contribution in [2.24, 2.45) is 5.41 Å². The first-order valence-corrected chi connectivity index (χ1v) is 6.11. The molecule has 0 saturated carbocycles. The SMILES string of the molecule is CNC(c1ccc(OC)c(C)c1C)C(C)(C)C#N. The molecule has 0 spiro atoms. The number of methoxy groups -OCH3 is 1. The quantitative estimate of drug-likeness (QED) is 0.887. The fourth-order valence-corrected chi connectivity index (χ4v) is 2.32. The highest BCUT2D eigenvalue weighted by Crippen LogP contribution is 2.36. The van der Waals surface area contributed by atoms with E-state index in [1.54, 1.807) is 7.11 Å². The molecule has 0 aliphatic heterocycles. The van der Waals surface area contributed by atoms with Gasteiger partial charge in [-0.1, -0.05) is 6.07 Å². The molecule has 0 aliphatic carbocycles. The number of hydrogen-bond acceptors (Lipinski definition) is 3. The zero-order chi connectivity index (χ0) is 13.9. The molecule has 1 rings (SSSR count). The van der Waals surface area contributed by atoms with E-state index in [4.69, 9.17) is 4.74 Å². The number of hydrogen-bond donors (Lipinski definition) is 1. The van der Waals surface area contributed by atoms with Crippen molar-refractivity contribution in [3.05, 3.63) is 28.8 Å². The number of benzene rings is 1. The minimum Gasteiger partial charge on any atom is -0.496 e. The minimum absolute atomic E-state index is 0.00658. The normalized spacial score (nSPS) is 12.9. The van der Waals surface area contributed by atoms with Crippen molar-refractivity contribution >= 4 is 0 Å².